The van der Waals surface area contributed by atoms with Crippen molar-refractivity contribution in [1.29, 1.82) is 0 Å². The molecule has 0 bridgehead atoms. The quantitative estimate of drug-likeness (QED) is 0.941. The topological polar surface area (TPSA) is 28.2 Å². The number of likely N-dealkylation sites (N-methyl/N-ethyl adjacent to an activating group) is 1. The van der Waals surface area contributed by atoms with Crippen LogP contribution in [0.15, 0.2) is 42.7 Å². The molecule has 0 saturated heterocycles. The Morgan fingerprint density at radius 3 is 2.86 bits per heavy atom. The molecule has 0 saturated carbocycles. The SMILES string of the molecule is CNCC1Cc2ccccc2CN1Cc1ccncc1Cl. The van der Waals surface area contributed by atoms with Gasteiger partial charge in [-0.25, -0.2) is 0 Å². The van der Waals surface area contributed by atoms with E-state index in [1.54, 1.807) is 6.20 Å². The molecular weight excluding hydrogens is 282 g/mol. The first-order chi connectivity index (χ1) is 10.3. The number of hydrogen-bond acceptors (Lipinski definition) is 3. The van der Waals surface area contributed by atoms with E-state index in [0.717, 1.165) is 36.6 Å². The third-order valence-electron chi connectivity index (χ3n) is 4.13. The van der Waals surface area contributed by atoms with Crippen molar-refractivity contribution >= 4 is 11.6 Å². The highest BCUT2D eigenvalue weighted by molar-refractivity contribution is 6.31. The molecule has 1 aromatic carbocycles. The predicted octanol–water partition coefficient (Wildman–Crippen LogP) is 2.88. The number of pyridine rings is 1. The van der Waals surface area contributed by atoms with E-state index in [1.807, 2.05) is 19.3 Å². The minimum Gasteiger partial charge on any atom is -0.318 e. The lowest BCUT2D eigenvalue weighted by molar-refractivity contribution is 0.161. The van der Waals surface area contributed by atoms with Crippen molar-refractivity contribution in [2.45, 2.75) is 25.6 Å². The first-order valence-corrected chi connectivity index (χ1v) is 7.69. The van der Waals surface area contributed by atoms with Crippen molar-refractivity contribution in [3.63, 3.8) is 0 Å². The molecule has 1 aliphatic rings. The van der Waals surface area contributed by atoms with Crippen LogP contribution in [0.3, 0.4) is 0 Å². The van der Waals surface area contributed by atoms with E-state index in [-0.39, 0.29) is 0 Å². The third-order valence-corrected chi connectivity index (χ3v) is 4.47. The summed E-state index contributed by atoms with van der Waals surface area (Å²) in [5.74, 6) is 0. The second-order valence-electron chi connectivity index (χ2n) is 5.56. The zero-order valence-corrected chi connectivity index (χ0v) is 13.0. The highest BCUT2D eigenvalue weighted by Gasteiger charge is 2.25. The van der Waals surface area contributed by atoms with Gasteiger partial charge in [0, 0.05) is 38.1 Å². The van der Waals surface area contributed by atoms with Gasteiger partial charge in [-0.15, -0.1) is 0 Å². The van der Waals surface area contributed by atoms with E-state index >= 15 is 0 Å². The maximum atomic E-state index is 6.26. The van der Waals surface area contributed by atoms with Crippen LogP contribution in [0.2, 0.25) is 5.02 Å². The van der Waals surface area contributed by atoms with Gasteiger partial charge in [0.25, 0.3) is 0 Å². The van der Waals surface area contributed by atoms with Crippen LogP contribution in [-0.4, -0.2) is 29.5 Å². The van der Waals surface area contributed by atoms with Crippen molar-refractivity contribution < 1.29 is 0 Å². The van der Waals surface area contributed by atoms with Gasteiger partial charge < -0.3 is 5.32 Å². The highest BCUT2D eigenvalue weighted by Crippen LogP contribution is 2.26. The molecule has 1 atom stereocenters. The van der Waals surface area contributed by atoms with Crippen molar-refractivity contribution in [2.24, 2.45) is 0 Å². The number of nitrogens with one attached hydrogen (secondary N) is 1. The van der Waals surface area contributed by atoms with Gasteiger partial charge in [-0.1, -0.05) is 35.9 Å². The van der Waals surface area contributed by atoms with Gasteiger partial charge in [0.1, 0.15) is 0 Å². The smallest absolute Gasteiger partial charge is 0.0634 e. The summed E-state index contributed by atoms with van der Waals surface area (Å²) in [5.41, 5.74) is 4.04. The lowest BCUT2D eigenvalue weighted by atomic mass is 9.93. The summed E-state index contributed by atoms with van der Waals surface area (Å²) in [5, 5.41) is 4.06. The Kier molecular flexibility index (Phi) is 4.54. The Bertz CT molecular complexity index is 614. The van der Waals surface area contributed by atoms with Crippen LogP contribution in [0.25, 0.3) is 0 Å². The summed E-state index contributed by atoms with van der Waals surface area (Å²) < 4.78 is 0. The Labute approximate surface area is 131 Å². The van der Waals surface area contributed by atoms with Crippen LogP contribution in [0.5, 0.6) is 0 Å². The zero-order valence-electron chi connectivity index (χ0n) is 12.2. The molecule has 1 aromatic heterocycles. The summed E-state index contributed by atoms with van der Waals surface area (Å²) in [6.07, 6.45) is 4.62. The summed E-state index contributed by atoms with van der Waals surface area (Å²) in [7, 11) is 2.01. The first kappa shape index (κ1) is 14.5. The second kappa shape index (κ2) is 6.56. The molecule has 0 fully saturated rings. The van der Waals surface area contributed by atoms with Crippen molar-refractivity contribution in [3.05, 3.63) is 64.4 Å². The Morgan fingerprint density at radius 2 is 2.10 bits per heavy atom. The molecule has 1 N–H and O–H groups in total. The maximum Gasteiger partial charge on any atom is 0.0634 e. The minimum absolute atomic E-state index is 0.495. The Hall–Kier alpha value is -1.42. The number of hydrogen-bond donors (Lipinski definition) is 1. The first-order valence-electron chi connectivity index (χ1n) is 7.31. The minimum atomic E-state index is 0.495. The average Bonchev–Trinajstić information content (AvgIpc) is 2.50. The predicted molar refractivity (Wildman–Crippen MR) is 86.4 cm³/mol. The summed E-state index contributed by atoms with van der Waals surface area (Å²) in [4.78, 5) is 6.57. The molecular formula is C17H20ClN3. The largest absolute Gasteiger partial charge is 0.318 e. The molecule has 1 aliphatic heterocycles. The lowest BCUT2D eigenvalue weighted by Crippen LogP contribution is -2.45. The zero-order chi connectivity index (χ0) is 14.7. The second-order valence-corrected chi connectivity index (χ2v) is 5.96. The molecule has 0 aliphatic carbocycles. The molecule has 3 nitrogen and oxygen atoms in total. The van der Waals surface area contributed by atoms with Crippen LogP contribution in [0.4, 0.5) is 0 Å². The van der Waals surface area contributed by atoms with E-state index in [0.29, 0.717) is 6.04 Å². The van der Waals surface area contributed by atoms with Crippen LogP contribution in [-0.2, 0) is 19.5 Å². The molecule has 110 valence electrons. The fourth-order valence-electron chi connectivity index (χ4n) is 3.01. The Balaban J connectivity index is 1.84. The van der Waals surface area contributed by atoms with Gasteiger partial charge in [-0.3, -0.25) is 9.88 Å². The van der Waals surface area contributed by atoms with E-state index < -0.39 is 0 Å². The molecule has 21 heavy (non-hydrogen) atoms. The number of nitrogens with zero attached hydrogens (tertiary/aromatic N) is 2. The van der Waals surface area contributed by atoms with Gasteiger partial charge in [-0.05, 0) is 36.2 Å². The molecule has 2 heterocycles. The normalized spacial score (nSPS) is 18.5. The van der Waals surface area contributed by atoms with Crippen LogP contribution in [0.1, 0.15) is 16.7 Å². The molecule has 0 spiro atoms. The van der Waals surface area contributed by atoms with Crippen LogP contribution < -0.4 is 5.32 Å². The van der Waals surface area contributed by atoms with Crippen LogP contribution in [0, 0.1) is 0 Å². The monoisotopic (exact) mass is 301 g/mol. The summed E-state index contributed by atoms with van der Waals surface area (Å²) in [6.45, 7) is 2.82. The van der Waals surface area contributed by atoms with E-state index in [2.05, 4.69) is 39.5 Å². The van der Waals surface area contributed by atoms with Crippen molar-refractivity contribution in [3.8, 4) is 0 Å². The highest BCUT2D eigenvalue weighted by atomic mass is 35.5. The van der Waals surface area contributed by atoms with Crippen LogP contribution >= 0.6 is 11.6 Å². The molecule has 1 unspecified atom stereocenters. The number of halogens is 1. The fraction of sp³-hybridized carbons (Fsp3) is 0.353. The maximum absolute atomic E-state index is 6.26. The number of benzene rings is 1. The third kappa shape index (κ3) is 3.26. The molecule has 3 rings (SSSR count). The van der Waals surface area contributed by atoms with E-state index in [1.165, 1.54) is 11.1 Å². The number of fused-ring (bicyclic) bond motifs is 1. The van der Waals surface area contributed by atoms with E-state index in [4.69, 9.17) is 11.6 Å². The lowest BCUT2D eigenvalue weighted by Gasteiger charge is -2.37. The van der Waals surface area contributed by atoms with E-state index in [9.17, 15) is 0 Å². The number of rotatable bonds is 4. The average molecular weight is 302 g/mol. The van der Waals surface area contributed by atoms with Gasteiger partial charge in [0.15, 0.2) is 0 Å². The standard InChI is InChI=1S/C17H20ClN3/c1-19-9-16-8-13-4-2-3-5-14(13)11-21(16)12-15-6-7-20-10-17(15)18/h2-7,10,16,19H,8-9,11-12H2,1H3. The van der Waals surface area contributed by atoms with Crippen molar-refractivity contribution in [1.82, 2.24) is 15.2 Å². The van der Waals surface area contributed by atoms with Gasteiger partial charge >= 0.3 is 0 Å². The molecule has 0 amide bonds. The van der Waals surface area contributed by atoms with Gasteiger partial charge in [0.2, 0.25) is 0 Å². The summed E-state index contributed by atoms with van der Waals surface area (Å²) >= 11 is 6.26. The Morgan fingerprint density at radius 1 is 1.29 bits per heavy atom. The van der Waals surface area contributed by atoms with Gasteiger partial charge in [0.05, 0.1) is 5.02 Å². The molecule has 0 radical (unpaired) electrons. The number of aromatic nitrogens is 1. The van der Waals surface area contributed by atoms with Gasteiger partial charge in [-0.2, -0.15) is 0 Å². The fourth-order valence-corrected chi connectivity index (χ4v) is 3.19. The van der Waals surface area contributed by atoms with Crippen molar-refractivity contribution in [2.75, 3.05) is 13.6 Å². The molecule has 4 heteroatoms. The molecule has 2 aromatic rings. The summed E-state index contributed by atoms with van der Waals surface area (Å²) in [6, 6.07) is 11.2.